The fraction of sp³-hybridized carbons (Fsp3) is 0.417. The number of rotatable bonds is 4. The molecule has 1 N–H and O–H groups in total. The third-order valence-corrected chi connectivity index (χ3v) is 4.17. The van der Waals surface area contributed by atoms with Gasteiger partial charge in [0, 0.05) is 6.04 Å². The molecule has 0 heterocycles. The molecule has 0 aliphatic carbocycles. The van der Waals surface area contributed by atoms with E-state index in [9.17, 15) is 8.42 Å². The van der Waals surface area contributed by atoms with Gasteiger partial charge in [-0.25, -0.2) is 13.1 Å². The van der Waals surface area contributed by atoms with Crippen molar-refractivity contribution in [3.05, 3.63) is 29.8 Å². The SMILES string of the molecule is CC(C)C(C)NS(=O)(=O)c1cccc(C#N)c1. The highest BCUT2D eigenvalue weighted by Gasteiger charge is 2.19. The Bertz CT molecular complexity index is 530. The van der Waals surface area contributed by atoms with Crippen LogP contribution in [0.3, 0.4) is 0 Å². The number of nitriles is 1. The van der Waals surface area contributed by atoms with Crippen LogP contribution in [0.4, 0.5) is 0 Å². The van der Waals surface area contributed by atoms with Crippen molar-refractivity contribution in [2.45, 2.75) is 31.7 Å². The lowest BCUT2D eigenvalue weighted by Gasteiger charge is -2.17. The Morgan fingerprint density at radius 1 is 1.29 bits per heavy atom. The maximum Gasteiger partial charge on any atom is 0.240 e. The summed E-state index contributed by atoms with van der Waals surface area (Å²) >= 11 is 0. The Morgan fingerprint density at radius 2 is 1.94 bits per heavy atom. The van der Waals surface area contributed by atoms with Gasteiger partial charge in [0.2, 0.25) is 10.0 Å². The van der Waals surface area contributed by atoms with E-state index in [1.54, 1.807) is 12.1 Å². The van der Waals surface area contributed by atoms with Crippen LogP contribution in [-0.4, -0.2) is 14.5 Å². The zero-order valence-electron chi connectivity index (χ0n) is 10.1. The molecular weight excluding hydrogens is 236 g/mol. The number of nitrogens with one attached hydrogen (secondary N) is 1. The van der Waals surface area contributed by atoms with Gasteiger partial charge in [0.25, 0.3) is 0 Å². The smallest absolute Gasteiger partial charge is 0.208 e. The summed E-state index contributed by atoms with van der Waals surface area (Å²) in [5.74, 6) is 0.212. The molecule has 1 aromatic carbocycles. The van der Waals surface area contributed by atoms with Gasteiger partial charge in [-0.05, 0) is 31.0 Å². The molecule has 4 nitrogen and oxygen atoms in total. The number of hydrogen-bond donors (Lipinski definition) is 1. The first kappa shape index (κ1) is 13.7. The van der Waals surface area contributed by atoms with E-state index >= 15 is 0 Å². The predicted molar refractivity (Wildman–Crippen MR) is 65.8 cm³/mol. The van der Waals surface area contributed by atoms with Gasteiger partial charge in [-0.1, -0.05) is 19.9 Å². The molecule has 5 heteroatoms. The second kappa shape index (κ2) is 5.30. The Balaban J connectivity index is 3.02. The standard InChI is InChI=1S/C12H16N2O2S/c1-9(2)10(3)14-17(15,16)12-6-4-5-11(7-12)8-13/h4-7,9-10,14H,1-3H3. The van der Waals surface area contributed by atoms with Crippen molar-refractivity contribution in [3.8, 4) is 6.07 Å². The summed E-state index contributed by atoms with van der Waals surface area (Å²) in [6.07, 6.45) is 0. The van der Waals surface area contributed by atoms with Crippen LogP contribution in [-0.2, 0) is 10.0 Å². The van der Waals surface area contributed by atoms with Gasteiger partial charge in [-0.15, -0.1) is 0 Å². The van der Waals surface area contributed by atoms with Crippen molar-refractivity contribution in [3.63, 3.8) is 0 Å². The van der Waals surface area contributed by atoms with Gasteiger partial charge < -0.3 is 0 Å². The van der Waals surface area contributed by atoms with Gasteiger partial charge in [0.15, 0.2) is 0 Å². The van der Waals surface area contributed by atoms with Crippen LogP contribution in [0.2, 0.25) is 0 Å². The van der Waals surface area contributed by atoms with Crippen LogP contribution >= 0.6 is 0 Å². The summed E-state index contributed by atoms with van der Waals surface area (Å²) in [6, 6.07) is 7.77. The zero-order chi connectivity index (χ0) is 13.1. The highest BCUT2D eigenvalue weighted by molar-refractivity contribution is 7.89. The summed E-state index contributed by atoms with van der Waals surface area (Å²) in [4.78, 5) is 0.129. The predicted octanol–water partition coefficient (Wildman–Crippen LogP) is 1.88. The van der Waals surface area contributed by atoms with Crippen LogP contribution in [0, 0.1) is 17.2 Å². The van der Waals surface area contributed by atoms with Gasteiger partial charge in [-0.2, -0.15) is 5.26 Å². The number of sulfonamides is 1. The summed E-state index contributed by atoms with van der Waals surface area (Å²) < 4.78 is 26.6. The van der Waals surface area contributed by atoms with Gasteiger partial charge in [0.1, 0.15) is 0 Å². The van der Waals surface area contributed by atoms with E-state index in [4.69, 9.17) is 5.26 Å². The molecule has 1 atom stereocenters. The van der Waals surface area contributed by atoms with Crippen LogP contribution in [0.1, 0.15) is 26.3 Å². The Hall–Kier alpha value is -1.38. The van der Waals surface area contributed by atoms with Crippen molar-refractivity contribution in [1.29, 1.82) is 5.26 Å². The third kappa shape index (κ3) is 3.55. The molecule has 1 aromatic rings. The second-order valence-electron chi connectivity index (χ2n) is 4.29. The fourth-order valence-electron chi connectivity index (χ4n) is 1.18. The molecule has 1 unspecified atom stereocenters. The molecule has 0 saturated heterocycles. The van der Waals surface area contributed by atoms with Crippen LogP contribution in [0.15, 0.2) is 29.2 Å². The molecule has 0 aliphatic heterocycles. The van der Waals surface area contributed by atoms with E-state index in [1.165, 1.54) is 12.1 Å². The fourth-order valence-corrected chi connectivity index (χ4v) is 2.62. The number of hydrogen-bond acceptors (Lipinski definition) is 3. The van der Waals surface area contributed by atoms with Gasteiger partial charge in [-0.3, -0.25) is 0 Å². The molecule has 0 aliphatic rings. The highest BCUT2D eigenvalue weighted by atomic mass is 32.2. The molecule has 92 valence electrons. The van der Waals surface area contributed by atoms with Crippen LogP contribution in [0.25, 0.3) is 0 Å². The van der Waals surface area contributed by atoms with E-state index < -0.39 is 10.0 Å². The minimum atomic E-state index is -3.54. The summed E-state index contributed by atoms with van der Waals surface area (Å²) in [6.45, 7) is 5.70. The van der Waals surface area contributed by atoms with Crippen LogP contribution < -0.4 is 4.72 Å². The van der Waals surface area contributed by atoms with E-state index in [-0.39, 0.29) is 16.9 Å². The molecule has 0 amide bonds. The molecule has 0 radical (unpaired) electrons. The topological polar surface area (TPSA) is 70.0 Å². The van der Waals surface area contributed by atoms with Crippen LogP contribution in [0.5, 0.6) is 0 Å². The van der Waals surface area contributed by atoms with Gasteiger partial charge >= 0.3 is 0 Å². The second-order valence-corrected chi connectivity index (χ2v) is 6.01. The van der Waals surface area contributed by atoms with Crippen molar-refractivity contribution in [2.24, 2.45) is 5.92 Å². The van der Waals surface area contributed by atoms with E-state index in [2.05, 4.69) is 4.72 Å². The average Bonchev–Trinajstić information content (AvgIpc) is 2.28. The molecule has 0 saturated carbocycles. The highest BCUT2D eigenvalue weighted by Crippen LogP contribution is 2.13. The molecule has 1 rings (SSSR count). The maximum absolute atomic E-state index is 12.0. The minimum Gasteiger partial charge on any atom is -0.208 e. The largest absolute Gasteiger partial charge is 0.240 e. The average molecular weight is 252 g/mol. The lowest BCUT2D eigenvalue weighted by atomic mass is 10.1. The minimum absolute atomic E-state index is 0.129. The molecule has 17 heavy (non-hydrogen) atoms. The first-order valence-electron chi connectivity index (χ1n) is 5.39. The maximum atomic E-state index is 12.0. The number of benzene rings is 1. The zero-order valence-corrected chi connectivity index (χ0v) is 11.0. The van der Waals surface area contributed by atoms with Crippen molar-refractivity contribution < 1.29 is 8.42 Å². The third-order valence-electron chi connectivity index (χ3n) is 2.61. The van der Waals surface area contributed by atoms with Crippen molar-refractivity contribution in [2.75, 3.05) is 0 Å². The lowest BCUT2D eigenvalue weighted by molar-refractivity contribution is 0.476. The Kier molecular flexibility index (Phi) is 4.27. The van der Waals surface area contributed by atoms with E-state index in [0.29, 0.717) is 5.56 Å². The monoisotopic (exact) mass is 252 g/mol. The quantitative estimate of drug-likeness (QED) is 0.889. The summed E-state index contributed by atoms with van der Waals surface area (Å²) in [7, 11) is -3.54. The first-order valence-corrected chi connectivity index (χ1v) is 6.87. The van der Waals surface area contributed by atoms with E-state index in [0.717, 1.165) is 0 Å². The number of nitrogens with zero attached hydrogens (tertiary/aromatic N) is 1. The Labute approximate surface area is 102 Å². The van der Waals surface area contributed by atoms with Crippen molar-refractivity contribution in [1.82, 2.24) is 4.72 Å². The molecule has 0 spiro atoms. The summed E-state index contributed by atoms with van der Waals surface area (Å²) in [5.41, 5.74) is 0.338. The molecular formula is C12H16N2O2S. The first-order chi connectivity index (χ1) is 7.86. The normalized spacial score (nSPS) is 13.4. The van der Waals surface area contributed by atoms with Gasteiger partial charge in [0.05, 0.1) is 16.5 Å². The van der Waals surface area contributed by atoms with Crippen molar-refractivity contribution >= 4 is 10.0 Å². The Morgan fingerprint density at radius 3 is 2.47 bits per heavy atom. The molecule has 0 bridgehead atoms. The molecule has 0 fully saturated rings. The van der Waals surface area contributed by atoms with E-state index in [1.807, 2.05) is 26.8 Å². The summed E-state index contributed by atoms with van der Waals surface area (Å²) in [5, 5.41) is 8.73. The lowest BCUT2D eigenvalue weighted by Crippen LogP contribution is -2.36. The molecule has 0 aromatic heterocycles.